The zero-order valence-electron chi connectivity index (χ0n) is 19.5. The second-order valence-corrected chi connectivity index (χ2v) is 8.01. The van der Waals surface area contributed by atoms with Crippen LogP contribution in [0.1, 0.15) is 50.2 Å². The minimum Gasteiger partial charge on any atom is -0.497 e. The van der Waals surface area contributed by atoms with E-state index >= 15 is 0 Å². The number of nitrogens with zero attached hydrogens (tertiary/aromatic N) is 3. The van der Waals surface area contributed by atoms with Gasteiger partial charge in [0.05, 0.1) is 7.11 Å². The number of nitrogens with one attached hydrogen (secondary N) is 1. The molecule has 3 aromatic rings. The maximum Gasteiger partial charge on any atom is 0.354 e. The highest BCUT2D eigenvalue weighted by atomic mass is 19.3. The highest BCUT2D eigenvalue weighted by molar-refractivity contribution is 5.54. The summed E-state index contributed by atoms with van der Waals surface area (Å²) < 4.78 is 34.0. The van der Waals surface area contributed by atoms with Crippen molar-refractivity contribution in [2.75, 3.05) is 12.4 Å². The fourth-order valence-electron chi connectivity index (χ4n) is 3.63. The van der Waals surface area contributed by atoms with E-state index < -0.39 is 17.8 Å². The van der Waals surface area contributed by atoms with Gasteiger partial charge in [0.2, 0.25) is 5.95 Å². The first-order valence-electron chi connectivity index (χ1n) is 11.4. The number of unbranched alkanes of at least 4 members (excludes halogenated alkanes) is 3. The Hall–Kier alpha value is -3.49. The summed E-state index contributed by atoms with van der Waals surface area (Å²) in [5.41, 5.74) is -0.00401. The SMILES string of the molecule is CCCCCCn1c(=O)nc(Nc2cccc(C(F)F)c2)n(CCc2ccc(OC)cc2)c1=O. The molecule has 1 aromatic heterocycles. The van der Waals surface area contributed by atoms with Crippen molar-refractivity contribution in [2.45, 2.75) is 58.5 Å². The lowest BCUT2D eigenvalue weighted by Gasteiger charge is -2.16. The molecule has 0 saturated carbocycles. The van der Waals surface area contributed by atoms with Crippen molar-refractivity contribution in [1.82, 2.24) is 14.1 Å². The van der Waals surface area contributed by atoms with Gasteiger partial charge in [-0.3, -0.25) is 4.57 Å². The predicted molar refractivity (Wildman–Crippen MR) is 128 cm³/mol. The van der Waals surface area contributed by atoms with Gasteiger partial charge in [0.25, 0.3) is 6.43 Å². The fraction of sp³-hybridized carbons (Fsp3) is 0.400. The lowest BCUT2D eigenvalue weighted by molar-refractivity contribution is 0.151. The van der Waals surface area contributed by atoms with Crippen LogP contribution in [0.3, 0.4) is 0 Å². The number of methoxy groups -OCH3 is 1. The number of aryl methyl sites for hydroxylation is 1. The number of hydrogen-bond acceptors (Lipinski definition) is 5. The Kier molecular flexibility index (Phi) is 8.95. The normalized spacial score (nSPS) is 11.1. The Balaban J connectivity index is 1.92. The molecule has 0 bridgehead atoms. The Morgan fingerprint density at radius 1 is 1.00 bits per heavy atom. The van der Waals surface area contributed by atoms with Crippen molar-refractivity contribution in [3.63, 3.8) is 0 Å². The number of anilines is 2. The number of alkyl halides is 2. The summed E-state index contributed by atoms with van der Waals surface area (Å²) in [6.07, 6.45) is 1.54. The molecule has 0 radical (unpaired) electrons. The first-order chi connectivity index (χ1) is 16.4. The average Bonchev–Trinajstić information content (AvgIpc) is 2.83. The number of aromatic nitrogens is 3. The standard InChI is InChI=1S/C25H30F2N4O3/c1-3-4-5-6-15-31-24(32)29-23(28-20-9-7-8-19(17-20)22(26)27)30(25(31)33)16-14-18-10-12-21(34-2)13-11-18/h7-13,17,22H,3-6,14-16H2,1-2H3,(H,28,29,32). The summed E-state index contributed by atoms with van der Waals surface area (Å²) in [7, 11) is 1.59. The first kappa shape index (κ1) is 25.1. The Morgan fingerprint density at radius 3 is 2.44 bits per heavy atom. The summed E-state index contributed by atoms with van der Waals surface area (Å²) in [5.74, 6) is 0.754. The van der Waals surface area contributed by atoms with E-state index in [0.717, 1.165) is 35.1 Å². The molecule has 0 saturated heterocycles. The van der Waals surface area contributed by atoms with Crippen LogP contribution in [-0.4, -0.2) is 21.2 Å². The van der Waals surface area contributed by atoms with E-state index in [1.807, 2.05) is 24.3 Å². The third-order valence-electron chi connectivity index (χ3n) is 5.56. The summed E-state index contributed by atoms with van der Waals surface area (Å²) in [4.78, 5) is 30.0. The van der Waals surface area contributed by atoms with Gasteiger partial charge in [-0.05, 0) is 42.7 Å². The van der Waals surface area contributed by atoms with Crippen molar-refractivity contribution < 1.29 is 13.5 Å². The number of rotatable bonds is 12. The van der Waals surface area contributed by atoms with E-state index in [1.54, 1.807) is 13.2 Å². The Morgan fingerprint density at radius 2 is 1.76 bits per heavy atom. The van der Waals surface area contributed by atoms with Gasteiger partial charge in [0.15, 0.2) is 0 Å². The number of benzene rings is 2. The first-order valence-corrected chi connectivity index (χ1v) is 11.4. The van der Waals surface area contributed by atoms with Gasteiger partial charge in [-0.25, -0.2) is 22.9 Å². The van der Waals surface area contributed by atoms with Gasteiger partial charge in [-0.15, -0.1) is 0 Å². The lowest BCUT2D eigenvalue weighted by atomic mass is 10.1. The molecule has 0 aliphatic carbocycles. The van der Waals surface area contributed by atoms with Crippen LogP contribution >= 0.6 is 0 Å². The van der Waals surface area contributed by atoms with Gasteiger partial charge in [-0.2, -0.15) is 4.98 Å². The second-order valence-electron chi connectivity index (χ2n) is 8.01. The summed E-state index contributed by atoms with van der Waals surface area (Å²) in [6.45, 7) is 2.63. The number of ether oxygens (including phenoxy) is 1. The van der Waals surface area contributed by atoms with E-state index in [-0.39, 0.29) is 24.6 Å². The van der Waals surface area contributed by atoms with Crippen LogP contribution in [0.5, 0.6) is 5.75 Å². The molecule has 9 heteroatoms. The predicted octanol–water partition coefficient (Wildman–Crippen LogP) is 4.92. The van der Waals surface area contributed by atoms with Crippen molar-refractivity contribution in [3.8, 4) is 5.75 Å². The minimum absolute atomic E-state index is 0.0275. The third kappa shape index (κ3) is 6.52. The van der Waals surface area contributed by atoms with E-state index in [2.05, 4.69) is 17.2 Å². The molecule has 1 N–H and O–H groups in total. The molecule has 0 spiro atoms. The summed E-state index contributed by atoms with van der Waals surface area (Å²) in [6, 6.07) is 13.1. The van der Waals surface area contributed by atoms with Gasteiger partial charge in [-0.1, -0.05) is 50.5 Å². The second kappa shape index (κ2) is 12.1. The van der Waals surface area contributed by atoms with E-state index in [0.29, 0.717) is 18.5 Å². The molecule has 3 rings (SSSR count). The van der Waals surface area contributed by atoms with Gasteiger partial charge < -0.3 is 10.1 Å². The number of hydrogen-bond donors (Lipinski definition) is 1. The molecule has 182 valence electrons. The molecule has 0 aliphatic rings. The molecule has 0 amide bonds. The largest absolute Gasteiger partial charge is 0.497 e. The molecule has 7 nitrogen and oxygen atoms in total. The Bertz CT molecular complexity index is 1190. The minimum atomic E-state index is -2.64. The van der Waals surface area contributed by atoms with Gasteiger partial charge >= 0.3 is 11.4 Å². The highest BCUT2D eigenvalue weighted by Crippen LogP contribution is 2.23. The fourth-order valence-corrected chi connectivity index (χ4v) is 3.63. The van der Waals surface area contributed by atoms with Crippen LogP contribution < -0.4 is 21.4 Å². The lowest BCUT2D eigenvalue weighted by Crippen LogP contribution is -2.42. The molecule has 0 unspecified atom stereocenters. The van der Waals surface area contributed by atoms with Crippen LogP contribution in [-0.2, 0) is 19.5 Å². The molecule has 0 aliphatic heterocycles. The van der Waals surface area contributed by atoms with E-state index in [9.17, 15) is 18.4 Å². The van der Waals surface area contributed by atoms with E-state index in [1.165, 1.54) is 22.8 Å². The molecular formula is C25H30F2N4O3. The molecule has 0 atom stereocenters. The van der Waals surface area contributed by atoms with Crippen molar-refractivity contribution in [3.05, 3.63) is 80.6 Å². The monoisotopic (exact) mass is 472 g/mol. The van der Waals surface area contributed by atoms with Crippen LogP contribution in [0.4, 0.5) is 20.4 Å². The topological polar surface area (TPSA) is 78.2 Å². The zero-order valence-corrected chi connectivity index (χ0v) is 19.5. The molecule has 34 heavy (non-hydrogen) atoms. The Labute approximate surface area is 197 Å². The van der Waals surface area contributed by atoms with Crippen LogP contribution in [0.2, 0.25) is 0 Å². The van der Waals surface area contributed by atoms with Gasteiger partial charge in [0.1, 0.15) is 5.75 Å². The van der Waals surface area contributed by atoms with Crippen LogP contribution in [0, 0.1) is 0 Å². The van der Waals surface area contributed by atoms with Gasteiger partial charge in [0, 0.05) is 24.3 Å². The van der Waals surface area contributed by atoms with Crippen LogP contribution in [0.15, 0.2) is 58.1 Å². The highest BCUT2D eigenvalue weighted by Gasteiger charge is 2.15. The molecular weight excluding hydrogens is 442 g/mol. The summed E-state index contributed by atoms with van der Waals surface area (Å²) >= 11 is 0. The molecule has 1 heterocycles. The third-order valence-corrected chi connectivity index (χ3v) is 5.56. The van der Waals surface area contributed by atoms with Crippen molar-refractivity contribution >= 4 is 11.6 Å². The molecule has 2 aromatic carbocycles. The molecule has 0 fully saturated rings. The smallest absolute Gasteiger partial charge is 0.354 e. The van der Waals surface area contributed by atoms with Crippen molar-refractivity contribution in [1.29, 1.82) is 0 Å². The van der Waals surface area contributed by atoms with E-state index in [4.69, 9.17) is 4.74 Å². The quantitative estimate of drug-likeness (QED) is 0.379. The van der Waals surface area contributed by atoms with Crippen LogP contribution in [0.25, 0.3) is 0 Å². The average molecular weight is 473 g/mol. The summed E-state index contributed by atoms with van der Waals surface area (Å²) in [5, 5.41) is 2.89. The zero-order chi connectivity index (χ0) is 24.5. The van der Waals surface area contributed by atoms with Crippen molar-refractivity contribution in [2.24, 2.45) is 0 Å². The number of halogens is 2. The maximum absolute atomic E-state index is 13.3. The maximum atomic E-state index is 13.3.